The summed E-state index contributed by atoms with van der Waals surface area (Å²) in [6.07, 6.45) is 3.89. The van der Waals surface area contributed by atoms with Crippen LogP contribution in [0.3, 0.4) is 0 Å². The van der Waals surface area contributed by atoms with E-state index in [4.69, 9.17) is 10.5 Å². The second-order valence-corrected chi connectivity index (χ2v) is 5.34. The fraction of sp³-hybridized carbons (Fsp3) is 0.533. The van der Waals surface area contributed by atoms with Crippen molar-refractivity contribution in [3.63, 3.8) is 0 Å². The van der Waals surface area contributed by atoms with Gasteiger partial charge < -0.3 is 15.8 Å². The zero-order chi connectivity index (χ0) is 13.8. The molecule has 1 aromatic carbocycles. The van der Waals surface area contributed by atoms with Crippen LogP contribution in [0, 0.1) is 11.8 Å². The first-order valence-electron chi connectivity index (χ1n) is 6.83. The number of hydrogen-bond acceptors (Lipinski definition) is 4. The van der Waals surface area contributed by atoms with Gasteiger partial charge in [-0.05, 0) is 36.5 Å². The van der Waals surface area contributed by atoms with Crippen LogP contribution in [0.1, 0.15) is 36.5 Å². The fourth-order valence-electron chi connectivity index (χ4n) is 2.72. The van der Waals surface area contributed by atoms with Crippen molar-refractivity contribution < 1.29 is 9.53 Å². The third kappa shape index (κ3) is 3.19. The summed E-state index contributed by atoms with van der Waals surface area (Å²) in [4.78, 5) is 11.5. The van der Waals surface area contributed by atoms with Crippen LogP contribution in [0.15, 0.2) is 18.2 Å². The van der Waals surface area contributed by atoms with Gasteiger partial charge in [-0.15, -0.1) is 0 Å². The van der Waals surface area contributed by atoms with Crippen molar-refractivity contribution in [2.75, 3.05) is 24.7 Å². The Morgan fingerprint density at radius 2 is 2.26 bits per heavy atom. The predicted octanol–water partition coefficient (Wildman–Crippen LogP) is 2.90. The molecule has 1 fully saturated rings. The molecule has 0 heterocycles. The molecule has 2 unspecified atom stereocenters. The molecule has 0 aromatic heterocycles. The number of hydrogen-bond donors (Lipinski definition) is 2. The summed E-state index contributed by atoms with van der Waals surface area (Å²) in [5.41, 5.74) is 7.95. The average molecular weight is 262 g/mol. The summed E-state index contributed by atoms with van der Waals surface area (Å²) in [5.74, 6) is 1.12. The van der Waals surface area contributed by atoms with E-state index < -0.39 is 0 Å². The molecule has 104 valence electrons. The molecular formula is C15H22N2O2. The molecule has 1 saturated carbocycles. The maximum absolute atomic E-state index is 11.5. The first-order chi connectivity index (χ1) is 9.11. The Hall–Kier alpha value is -1.71. The standard InChI is InChI=1S/C15H22N2O2/c1-10-4-3-5-12(10)9-17-14-8-11(15(18)19-2)6-7-13(14)16/h6-8,10,12,17H,3-5,9,16H2,1-2H3. The number of rotatable bonds is 4. The van der Waals surface area contributed by atoms with E-state index in [1.54, 1.807) is 18.2 Å². The number of nitrogens with one attached hydrogen (secondary N) is 1. The van der Waals surface area contributed by atoms with Crippen LogP contribution >= 0.6 is 0 Å². The Morgan fingerprint density at radius 1 is 1.47 bits per heavy atom. The van der Waals surface area contributed by atoms with E-state index >= 15 is 0 Å². The second-order valence-electron chi connectivity index (χ2n) is 5.34. The lowest BCUT2D eigenvalue weighted by molar-refractivity contribution is 0.0601. The van der Waals surface area contributed by atoms with Gasteiger partial charge in [0.15, 0.2) is 0 Å². The minimum Gasteiger partial charge on any atom is -0.465 e. The van der Waals surface area contributed by atoms with Crippen molar-refractivity contribution in [2.24, 2.45) is 11.8 Å². The lowest BCUT2D eigenvalue weighted by Crippen LogP contribution is -2.17. The molecular weight excluding hydrogens is 240 g/mol. The van der Waals surface area contributed by atoms with Gasteiger partial charge in [-0.1, -0.05) is 19.8 Å². The van der Waals surface area contributed by atoms with Gasteiger partial charge >= 0.3 is 5.97 Å². The number of methoxy groups -OCH3 is 1. The van der Waals surface area contributed by atoms with E-state index in [-0.39, 0.29) is 5.97 Å². The van der Waals surface area contributed by atoms with Crippen molar-refractivity contribution in [3.8, 4) is 0 Å². The topological polar surface area (TPSA) is 64.3 Å². The highest BCUT2D eigenvalue weighted by molar-refractivity contribution is 5.91. The summed E-state index contributed by atoms with van der Waals surface area (Å²) in [7, 11) is 1.38. The van der Waals surface area contributed by atoms with Crippen molar-refractivity contribution in [3.05, 3.63) is 23.8 Å². The molecule has 2 rings (SSSR count). The van der Waals surface area contributed by atoms with Crippen molar-refractivity contribution >= 4 is 17.3 Å². The van der Waals surface area contributed by atoms with Crippen LogP contribution in [0.2, 0.25) is 0 Å². The molecule has 4 nitrogen and oxygen atoms in total. The van der Waals surface area contributed by atoms with Crippen LogP contribution in [-0.4, -0.2) is 19.6 Å². The predicted molar refractivity (Wildman–Crippen MR) is 77.2 cm³/mol. The molecule has 0 aliphatic heterocycles. The Kier molecular flexibility index (Phi) is 4.30. The van der Waals surface area contributed by atoms with Gasteiger partial charge in [0.1, 0.15) is 0 Å². The second kappa shape index (κ2) is 5.95. The highest BCUT2D eigenvalue weighted by Crippen LogP contribution is 2.32. The number of nitrogens with two attached hydrogens (primary N) is 1. The number of carbonyl (C=O) groups excluding carboxylic acids is 1. The van der Waals surface area contributed by atoms with E-state index in [0.29, 0.717) is 17.2 Å². The quantitative estimate of drug-likeness (QED) is 0.647. The Balaban J connectivity index is 2.04. The summed E-state index contributed by atoms with van der Waals surface area (Å²) in [6.45, 7) is 3.21. The number of nitrogen functional groups attached to an aromatic ring is 1. The van der Waals surface area contributed by atoms with E-state index in [9.17, 15) is 4.79 Å². The van der Waals surface area contributed by atoms with Gasteiger partial charge in [0.05, 0.1) is 24.0 Å². The summed E-state index contributed by atoms with van der Waals surface area (Å²) in [5, 5.41) is 3.37. The van der Waals surface area contributed by atoms with Crippen LogP contribution in [0.5, 0.6) is 0 Å². The van der Waals surface area contributed by atoms with Crippen LogP contribution in [0.4, 0.5) is 11.4 Å². The van der Waals surface area contributed by atoms with E-state index in [1.165, 1.54) is 26.4 Å². The summed E-state index contributed by atoms with van der Waals surface area (Å²) in [6, 6.07) is 5.19. The monoisotopic (exact) mass is 262 g/mol. The lowest BCUT2D eigenvalue weighted by Gasteiger charge is -2.18. The van der Waals surface area contributed by atoms with Crippen molar-refractivity contribution in [2.45, 2.75) is 26.2 Å². The maximum Gasteiger partial charge on any atom is 0.337 e. The van der Waals surface area contributed by atoms with Gasteiger partial charge in [0.2, 0.25) is 0 Å². The molecule has 0 saturated heterocycles. The van der Waals surface area contributed by atoms with Crippen LogP contribution in [-0.2, 0) is 4.74 Å². The molecule has 3 N–H and O–H groups in total. The fourth-order valence-corrected chi connectivity index (χ4v) is 2.72. The number of carbonyl (C=O) groups is 1. The van der Waals surface area contributed by atoms with Gasteiger partial charge in [-0.25, -0.2) is 4.79 Å². The van der Waals surface area contributed by atoms with Crippen LogP contribution < -0.4 is 11.1 Å². The zero-order valence-corrected chi connectivity index (χ0v) is 11.6. The average Bonchev–Trinajstić information content (AvgIpc) is 2.82. The summed E-state index contributed by atoms with van der Waals surface area (Å²) < 4.78 is 4.72. The van der Waals surface area contributed by atoms with Gasteiger partial charge in [-0.3, -0.25) is 0 Å². The first kappa shape index (κ1) is 13.7. The first-order valence-corrected chi connectivity index (χ1v) is 6.83. The summed E-state index contributed by atoms with van der Waals surface area (Å²) >= 11 is 0. The Bertz CT molecular complexity index is 459. The molecule has 19 heavy (non-hydrogen) atoms. The van der Waals surface area contributed by atoms with E-state index in [2.05, 4.69) is 12.2 Å². The van der Waals surface area contributed by atoms with Crippen molar-refractivity contribution in [1.29, 1.82) is 0 Å². The molecule has 2 atom stereocenters. The van der Waals surface area contributed by atoms with E-state index in [0.717, 1.165) is 18.2 Å². The van der Waals surface area contributed by atoms with Gasteiger partial charge in [0.25, 0.3) is 0 Å². The maximum atomic E-state index is 11.5. The lowest BCUT2D eigenvalue weighted by atomic mass is 9.98. The largest absolute Gasteiger partial charge is 0.465 e. The highest BCUT2D eigenvalue weighted by atomic mass is 16.5. The molecule has 0 bridgehead atoms. The molecule has 0 spiro atoms. The van der Waals surface area contributed by atoms with Crippen LogP contribution in [0.25, 0.3) is 0 Å². The normalized spacial score (nSPS) is 22.2. The Labute approximate surface area is 114 Å². The highest BCUT2D eigenvalue weighted by Gasteiger charge is 2.23. The zero-order valence-electron chi connectivity index (χ0n) is 11.6. The minimum atomic E-state index is -0.336. The van der Waals surface area contributed by atoms with E-state index in [1.807, 2.05) is 0 Å². The van der Waals surface area contributed by atoms with Crippen molar-refractivity contribution in [1.82, 2.24) is 0 Å². The van der Waals surface area contributed by atoms with Gasteiger partial charge in [-0.2, -0.15) is 0 Å². The number of anilines is 2. The Morgan fingerprint density at radius 3 is 2.89 bits per heavy atom. The number of ether oxygens (including phenoxy) is 1. The smallest absolute Gasteiger partial charge is 0.337 e. The van der Waals surface area contributed by atoms with Gasteiger partial charge in [0, 0.05) is 6.54 Å². The molecule has 1 aromatic rings. The minimum absolute atomic E-state index is 0.336. The third-order valence-corrected chi connectivity index (χ3v) is 4.07. The molecule has 4 heteroatoms. The SMILES string of the molecule is COC(=O)c1ccc(N)c(NCC2CCCC2C)c1. The number of esters is 1. The molecule has 0 radical (unpaired) electrons. The molecule has 1 aliphatic rings. The third-order valence-electron chi connectivity index (χ3n) is 4.07. The molecule has 1 aliphatic carbocycles. The molecule has 0 amide bonds. The number of benzene rings is 1.